The van der Waals surface area contributed by atoms with Crippen LogP contribution >= 0.6 is 0 Å². The molecule has 0 radical (unpaired) electrons. The molecule has 17 heteroatoms. The standard InChI is InChI=1S/C35H34F5N7O5/c36-26-16-23(11-14-25(26)28(42)48)20-5-1-18(2-6-20)15-27(44-30(49)22-7-3-19(17-41)4-8-22)31(50)43-24-12-9-21(10-13-24)29-45-32(47-46-29)34(37,38)35(39,40)33(51)52/h1-2,5-6,9-14,16,19,22,27H,3-4,7-8,15,17,41H2,(H2,42,48)(H,43,50)(H,44,49)(H,51,52)(H,45,46,47)/t19?,22?,27-/m0/s1. The van der Waals surface area contributed by atoms with Crippen LogP contribution in [-0.4, -0.2) is 62.5 Å². The Labute approximate surface area is 293 Å². The predicted molar refractivity (Wildman–Crippen MR) is 177 cm³/mol. The molecule has 0 bridgehead atoms. The molecule has 1 aliphatic carbocycles. The minimum absolute atomic E-state index is 0.0677. The monoisotopic (exact) mass is 727 g/mol. The number of halogens is 5. The van der Waals surface area contributed by atoms with Gasteiger partial charge < -0.3 is 27.2 Å². The summed E-state index contributed by atoms with van der Waals surface area (Å²) in [6, 6.07) is 15.2. The third-order valence-electron chi connectivity index (χ3n) is 9.00. The van der Waals surface area contributed by atoms with Crippen molar-refractivity contribution in [2.24, 2.45) is 23.3 Å². The first-order valence-electron chi connectivity index (χ1n) is 16.1. The number of hydrogen-bond acceptors (Lipinski definition) is 7. The van der Waals surface area contributed by atoms with Crippen molar-refractivity contribution in [1.29, 1.82) is 0 Å². The molecule has 274 valence electrons. The molecule has 1 atom stereocenters. The Morgan fingerprint density at radius 1 is 0.904 bits per heavy atom. The number of aromatic amines is 1. The topological polar surface area (TPSA) is 206 Å². The van der Waals surface area contributed by atoms with Gasteiger partial charge in [-0.2, -0.15) is 22.7 Å². The zero-order valence-electron chi connectivity index (χ0n) is 27.3. The number of rotatable bonds is 13. The number of anilines is 1. The van der Waals surface area contributed by atoms with Gasteiger partial charge in [-0.3, -0.25) is 19.5 Å². The molecule has 1 fully saturated rings. The first kappa shape index (κ1) is 37.5. The van der Waals surface area contributed by atoms with E-state index in [1.165, 1.54) is 36.4 Å². The molecule has 1 saturated carbocycles. The minimum Gasteiger partial charge on any atom is -0.477 e. The van der Waals surface area contributed by atoms with E-state index in [9.17, 15) is 41.1 Å². The Bertz CT molecular complexity index is 1950. The van der Waals surface area contributed by atoms with Gasteiger partial charge in [-0.05, 0) is 91.2 Å². The fraction of sp³-hybridized carbons (Fsp3) is 0.314. The molecule has 3 aromatic carbocycles. The van der Waals surface area contributed by atoms with Crippen molar-refractivity contribution in [3.63, 3.8) is 0 Å². The largest absolute Gasteiger partial charge is 0.477 e. The molecular weight excluding hydrogens is 693 g/mol. The van der Waals surface area contributed by atoms with E-state index in [4.69, 9.17) is 16.6 Å². The van der Waals surface area contributed by atoms with Crippen LogP contribution in [0.4, 0.5) is 27.6 Å². The number of primary amides is 1. The number of nitrogens with two attached hydrogens (primary N) is 2. The number of carbonyl (C=O) groups is 4. The molecule has 1 aliphatic rings. The third-order valence-corrected chi connectivity index (χ3v) is 9.00. The molecule has 8 N–H and O–H groups in total. The Balaban J connectivity index is 1.32. The molecule has 0 saturated heterocycles. The number of nitrogens with zero attached hydrogens (tertiary/aromatic N) is 2. The lowest BCUT2D eigenvalue weighted by molar-refractivity contribution is -0.231. The number of H-pyrrole nitrogens is 1. The summed E-state index contributed by atoms with van der Waals surface area (Å²) in [6.45, 7) is 0.528. The second-order valence-electron chi connectivity index (χ2n) is 12.5. The maximum Gasteiger partial charge on any atom is 0.411 e. The Hall–Kier alpha value is -5.71. The lowest BCUT2D eigenvalue weighted by atomic mass is 9.81. The van der Waals surface area contributed by atoms with E-state index in [1.54, 1.807) is 35.4 Å². The summed E-state index contributed by atoms with van der Waals surface area (Å²) < 4.78 is 69.9. The summed E-state index contributed by atoms with van der Waals surface area (Å²) in [6.07, 6.45) is 2.87. The summed E-state index contributed by atoms with van der Waals surface area (Å²) >= 11 is 0. The lowest BCUT2D eigenvalue weighted by Crippen LogP contribution is -2.48. The Morgan fingerprint density at radius 2 is 1.52 bits per heavy atom. The third kappa shape index (κ3) is 8.09. The first-order chi connectivity index (χ1) is 24.6. The van der Waals surface area contributed by atoms with Gasteiger partial charge in [0.1, 0.15) is 11.9 Å². The van der Waals surface area contributed by atoms with Gasteiger partial charge in [0.25, 0.3) is 5.91 Å². The minimum atomic E-state index is -5.45. The zero-order valence-corrected chi connectivity index (χ0v) is 27.3. The average Bonchev–Trinajstić information content (AvgIpc) is 3.63. The van der Waals surface area contributed by atoms with Gasteiger partial charge in [0.05, 0.1) is 5.56 Å². The van der Waals surface area contributed by atoms with Crippen molar-refractivity contribution < 1.29 is 46.2 Å². The number of alkyl halides is 4. The second-order valence-corrected chi connectivity index (χ2v) is 12.5. The smallest absolute Gasteiger partial charge is 0.411 e. The summed E-state index contributed by atoms with van der Waals surface area (Å²) in [4.78, 5) is 52.4. The molecule has 5 rings (SSSR count). The number of carboxylic acid groups (broad SMARTS) is 1. The van der Waals surface area contributed by atoms with Gasteiger partial charge in [-0.1, -0.05) is 30.3 Å². The summed E-state index contributed by atoms with van der Waals surface area (Å²) in [5, 5.41) is 19.2. The number of hydrogen-bond donors (Lipinski definition) is 6. The number of aliphatic carboxylic acids is 1. The maximum atomic E-state index is 14.4. The van der Waals surface area contributed by atoms with Gasteiger partial charge in [-0.15, -0.1) is 0 Å². The highest BCUT2D eigenvalue weighted by Crippen LogP contribution is 2.42. The lowest BCUT2D eigenvalue weighted by Gasteiger charge is -2.28. The van der Waals surface area contributed by atoms with Crippen LogP contribution in [-0.2, 0) is 26.7 Å². The molecule has 1 heterocycles. The molecule has 1 aromatic heterocycles. The quantitative estimate of drug-likeness (QED) is 0.107. The highest BCUT2D eigenvalue weighted by atomic mass is 19.3. The van der Waals surface area contributed by atoms with Gasteiger partial charge in [0, 0.05) is 23.6 Å². The van der Waals surface area contributed by atoms with Crippen LogP contribution in [0.5, 0.6) is 0 Å². The van der Waals surface area contributed by atoms with E-state index in [1.807, 2.05) is 0 Å². The van der Waals surface area contributed by atoms with Crippen LogP contribution in [0.1, 0.15) is 47.4 Å². The summed E-state index contributed by atoms with van der Waals surface area (Å²) in [5.41, 5.74) is 12.8. The number of amides is 3. The van der Waals surface area contributed by atoms with Crippen molar-refractivity contribution in [2.45, 2.75) is 50.0 Å². The molecule has 0 aliphatic heterocycles. The highest BCUT2D eigenvalue weighted by molar-refractivity contribution is 5.98. The maximum absolute atomic E-state index is 14.4. The van der Waals surface area contributed by atoms with Crippen LogP contribution in [0.2, 0.25) is 0 Å². The number of nitrogens with one attached hydrogen (secondary N) is 3. The van der Waals surface area contributed by atoms with Gasteiger partial charge in [0.15, 0.2) is 5.82 Å². The van der Waals surface area contributed by atoms with Gasteiger partial charge >= 0.3 is 17.8 Å². The van der Waals surface area contributed by atoms with Crippen LogP contribution in [0.25, 0.3) is 22.5 Å². The normalized spacial score (nSPS) is 16.9. The molecule has 0 spiro atoms. The van der Waals surface area contributed by atoms with Crippen LogP contribution in [0.3, 0.4) is 0 Å². The second kappa shape index (κ2) is 15.3. The van der Waals surface area contributed by atoms with E-state index in [2.05, 4.69) is 20.7 Å². The van der Waals surface area contributed by atoms with E-state index < -0.39 is 53.1 Å². The molecule has 12 nitrogen and oxygen atoms in total. The van der Waals surface area contributed by atoms with E-state index in [0.29, 0.717) is 42.0 Å². The number of aromatic nitrogens is 3. The number of carboxylic acids is 1. The van der Waals surface area contributed by atoms with Crippen molar-refractivity contribution in [3.8, 4) is 22.5 Å². The van der Waals surface area contributed by atoms with E-state index in [-0.39, 0.29) is 35.1 Å². The Kier molecular flexibility index (Phi) is 11.0. The first-order valence-corrected chi connectivity index (χ1v) is 16.1. The number of carbonyl (C=O) groups excluding carboxylic acids is 3. The van der Waals surface area contributed by atoms with E-state index in [0.717, 1.165) is 12.8 Å². The fourth-order valence-corrected chi connectivity index (χ4v) is 5.87. The van der Waals surface area contributed by atoms with Gasteiger partial charge in [-0.25, -0.2) is 14.2 Å². The molecule has 52 heavy (non-hydrogen) atoms. The summed E-state index contributed by atoms with van der Waals surface area (Å²) in [5.74, 6) is -18.3. The van der Waals surface area contributed by atoms with Crippen molar-refractivity contribution in [2.75, 3.05) is 11.9 Å². The molecule has 3 amide bonds. The zero-order chi connectivity index (χ0) is 37.8. The Morgan fingerprint density at radius 3 is 2.10 bits per heavy atom. The van der Waals surface area contributed by atoms with Crippen LogP contribution in [0, 0.1) is 17.7 Å². The fourth-order valence-electron chi connectivity index (χ4n) is 5.87. The van der Waals surface area contributed by atoms with E-state index >= 15 is 0 Å². The SMILES string of the molecule is NCC1CCC(C(=O)N[C@@H](Cc2ccc(-c3ccc(C(N)=O)c(F)c3)cc2)C(=O)Nc2ccc(-c3n[nH]c(C(F)(F)C(F)(F)C(=O)O)n3)cc2)CC1. The molecular formula is C35H34F5N7O5. The predicted octanol–water partition coefficient (Wildman–Crippen LogP) is 4.62. The molecule has 0 unspecified atom stereocenters. The molecule has 4 aromatic rings. The van der Waals surface area contributed by atoms with Crippen LogP contribution < -0.4 is 22.1 Å². The highest BCUT2D eigenvalue weighted by Gasteiger charge is 2.65. The van der Waals surface area contributed by atoms with Crippen LogP contribution in [0.15, 0.2) is 66.7 Å². The summed E-state index contributed by atoms with van der Waals surface area (Å²) in [7, 11) is 0. The number of benzene rings is 3. The van der Waals surface area contributed by atoms with Crippen molar-refractivity contribution >= 4 is 29.4 Å². The average molecular weight is 728 g/mol. The van der Waals surface area contributed by atoms with Crippen molar-refractivity contribution in [3.05, 3.63) is 89.5 Å². The van der Waals surface area contributed by atoms with Crippen molar-refractivity contribution in [1.82, 2.24) is 20.5 Å². The van der Waals surface area contributed by atoms with Gasteiger partial charge in [0.2, 0.25) is 17.6 Å².